The van der Waals surface area contributed by atoms with E-state index in [0.717, 1.165) is 6.42 Å². The largest absolute Gasteiger partial charge is 0.457 e. The van der Waals surface area contributed by atoms with Crippen molar-refractivity contribution < 1.29 is 19.4 Å². The summed E-state index contributed by atoms with van der Waals surface area (Å²) in [5.41, 5.74) is 0. The second-order valence-corrected chi connectivity index (χ2v) is 5.07. The number of carbonyl (C=O) groups is 1. The van der Waals surface area contributed by atoms with Gasteiger partial charge in [-0.05, 0) is 12.8 Å². The first-order chi connectivity index (χ1) is 8.72. The molecule has 0 aromatic carbocycles. The van der Waals surface area contributed by atoms with Crippen LogP contribution in [0.25, 0.3) is 0 Å². The van der Waals surface area contributed by atoms with Crippen molar-refractivity contribution in [3.05, 3.63) is 12.2 Å². The van der Waals surface area contributed by atoms with E-state index in [1.54, 1.807) is 0 Å². The second-order valence-electron chi connectivity index (χ2n) is 5.07. The molecule has 2 aliphatic heterocycles. The molecule has 0 aromatic rings. The van der Waals surface area contributed by atoms with Gasteiger partial charge in [-0.3, -0.25) is 4.79 Å². The lowest BCUT2D eigenvalue weighted by molar-refractivity contribution is -0.145. The van der Waals surface area contributed by atoms with Gasteiger partial charge in [0, 0.05) is 0 Å². The molecule has 2 aliphatic rings. The van der Waals surface area contributed by atoms with Crippen molar-refractivity contribution in [2.75, 3.05) is 0 Å². The predicted molar refractivity (Wildman–Crippen MR) is 67.1 cm³/mol. The topological polar surface area (TPSA) is 55.8 Å². The van der Waals surface area contributed by atoms with E-state index >= 15 is 0 Å². The molecule has 0 spiro atoms. The summed E-state index contributed by atoms with van der Waals surface area (Å²) in [6.07, 6.45) is 8.42. The van der Waals surface area contributed by atoms with Gasteiger partial charge >= 0.3 is 5.97 Å². The van der Waals surface area contributed by atoms with E-state index in [2.05, 4.69) is 13.0 Å². The number of hydrogen-bond donors (Lipinski definition) is 1. The average Bonchev–Trinajstić information content (AvgIpc) is 2.83. The van der Waals surface area contributed by atoms with Crippen molar-refractivity contribution in [1.29, 1.82) is 0 Å². The van der Waals surface area contributed by atoms with Crippen LogP contribution in [-0.4, -0.2) is 35.5 Å². The second kappa shape index (κ2) is 6.34. The van der Waals surface area contributed by atoms with Crippen molar-refractivity contribution in [3.8, 4) is 0 Å². The van der Waals surface area contributed by atoms with Gasteiger partial charge in [0.1, 0.15) is 18.3 Å². The third kappa shape index (κ3) is 3.12. The molecule has 2 heterocycles. The Morgan fingerprint density at radius 1 is 1.39 bits per heavy atom. The number of aliphatic hydroxyl groups excluding tert-OH is 1. The van der Waals surface area contributed by atoms with Crippen molar-refractivity contribution in [1.82, 2.24) is 0 Å². The fourth-order valence-electron chi connectivity index (χ4n) is 2.52. The molecule has 4 nitrogen and oxygen atoms in total. The molecule has 18 heavy (non-hydrogen) atoms. The quantitative estimate of drug-likeness (QED) is 0.447. The van der Waals surface area contributed by atoms with Gasteiger partial charge in [0.15, 0.2) is 6.10 Å². The summed E-state index contributed by atoms with van der Waals surface area (Å²) in [5.74, 6) is -0.272. The van der Waals surface area contributed by atoms with Crippen LogP contribution < -0.4 is 0 Å². The molecular formula is C14H22O4. The third-order valence-corrected chi connectivity index (χ3v) is 3.56. The molecule has 4 atom stereocenters. The molecule has 0 aromatic heterocycles. The Morgan fingerprint density at radius 3 is 2.94 bits per heavy atom. The lowest BCUT2D eigenvalue weighted by Gasteiger charge is -2.12. The Balaban J connectivity index is 1.71. The molecule has 2 fully saturated rings. The minimum absolute atomic E-state index is 0.262. The molecule has 102 valence electrons. The molecule has 0 amide bonds. The van der Waals surface area contributed by atoms with Gasteiger partial charge in [-0.1, -0.05) is 38.3 Å². The number of ether oxygens (including phenoxy) is 2. The highest BCUT2D eigenvalue weighted by Crippen LogP contribution is 2.32. The Bertz CT molecular complexity index is 313. The fraction of sp³-hybridized carbons (Fsp3) is 0.786. The van der Waals surface area contributed by atoms with E-state index in [4.69, 9.17) is 9.47 Å². The van der Waals surface area contributed by atoms with E-state index in [1.807, 2.05) is 6.08 Å². The fourth-order valence-corrected chi connectivity index (χ4v) is 2.52. The normalized spacial score (nSPS) is 35.1. The molecule has 0 radical (unpaired) electrons. The van der Waals surface area contributed by atoms with E-state index in [9.17, 15) is 9.90 Å². The van der Waals surface area contributed by atoms with Crippen LogP contribution in [0.4, 0.5) is 0 Å². The van der Waals surface area contributed by atoms with Crippen molar-refractivity contribution >= 4 is 5.97 Å². The van der Waals surface area contributed by atoms with E-state index in [0.29, 0.717) is 0 Å². The number of rotatable bonds is 6. The van der Waals surface area contributed by atoms with Gasteiger partial charge in [0.05, 0.1) is 6.42 Å². The van der Waals surface area contributed by atoms with Crippen LogP contribution in [0.2, 0.25) is 0 Å². The monoisotopic (exact) mass is 254 g/mol. The SMILES string of the molecule is CCCCCC/C=C\[C@H]1O[C@H]2CC(=O)O[C@@H]2[C@@H]1O. The number of unbranched alkanes of at least 4 members (excludes halogenated alkanes) is 4. The molecule has 2 saturated heterocycles. The molecule has 4 heteroatoms. The summed E-state index contributed by atoms with van der Waals surface area (Å²) >= 11 is 0. The van der Waals surface area contributed by atoms with Crippen LogP contribution in [0.3, 0.4) is 0 Å². The standard InChI is InChI=1S/C14H22O4/c1-2-3-4-5-6-7-8-10-13(16)14-11(17-10)9-12(15)18-14/h7-8,10-11,13-14,16H,2-6,9H2,1H3/b8-7-/t10-,11+,13-,14+/m1/s1. The zero-order chi connectivity index (χ0) is 13.0. The van der Waals surface area contributed by atoms with E-state index in [1.165, 1.54) is 25.7 Å². The number of aliphatic hydroxyl groups is 1. The van der Waals surface area contributed by atoms with Crippen LogP contribution in [-0.2, 0) is 14.3 Å². The Kier molecular flexibility index (Phi) is 4.78. The minimum atomic E-state index is -0.714. The van der Waals surface area contributed by atoms with Crippen LogP contribution >= 0.6 is 0 Å². The number of fused-ring (bicyclic) bond motifs is 1. The van der Waals surface area contributed by atoms with Gasteiger partial charge < -0.3 is 14.6 Å². The van der Waals surface area contributed by atoms with Crippen LogP contribution in [0.5, 0.6) is 0 Å². The molecular weight excluding hydrogens is 232 g/mol. The van der Waals surface area contributed by atoms with E-state index in [-0.39, 0.29) is 24.6 Å². The highest BCUT2D eigenvalue weighted by atomic mass is 16.6. The van der Waals surface area contributed by atoms with Crippen molar-refractivity contribution in [2.45, 2.75) is 69.9 Å². The number of esters is 1. The summed E-state index contributed by atoms with van der Waals surface area (Å²) in [5, 5.41) is 9.96. The van der Waals surface area contributed by atoms with Crippen LogP contribution in [0.15, 0.2) is 12.2 Å². The summed E-state index contributed by atoms with van der Waals surface area (Å²) in [6, 6.07) is 0. The lowest BCUT2D eigenvalue weighted by atomic mass is 10.1. The Hall–Kier alpha value is -0.870. The van der Waals surface area contributed by atoms with Crippen molar-refractivity contribution in [2.24, 2.45) is 0 Å². The average molecular weight is 254 g/mol. The van der Waals surface area contributed by atoms with Crippen LogP contribution in [0, 0.1) is 0 Å². The van der Waals surface area contributed by atoms with E-state index < -0.39 is 12.2 Å². The molecule has 1 N–H and O–H groups in total. The third-order valence-electron chi connectivity index (χ3n) is 3.56. The molecule has 0 bridgehead atoms. The van der Waals surface area contributed by atoms with Gasteiger partial charge in [0.25, 0.3) is 0 Å². The Labute approximate surface area is 108 Å². The lowest BCUT2D eigenvalue weighted by Crippen LogP contribution is -2.30. The summed E-state index contributed by atoms with van der Waals surface area (Å²) in [6.45, 7) is 2.19. The minimum Gasteiger partial charge on any atom is -0.457 e. The summed E-state index contributed by atoms with van der Waals surface area (Å²) in [4.78, 5) is 11.0. The Morgan fingerprint density at radius 2 is 2.22 bits per heavy atom. The molecule has 0 saturated carbocycles. The van der Waals surface area contributed by atoms with Gasteiger partial charge in [-0.25, -0.2) is 0 Å². The zero-order valence-electron chi connectivity index (χ0n) is 10.9. The van der Waals surface area contributed by atoms with Gasteiger partial charge in [-0.2, -0.15) is 0 Å². The van der Waals surface area contributed by atoms with Crippen molar-refractivity contribution in [3.63, 3.8) is 0 Å². The molecule has 2 rings (SSSR count). The maximum atomic E-state index is 11.0. The highest BCUT2D eigenvalue weighted by Gasteiger charge is 2.50. The predicted octanol–water partition coefficient (Wildman–Crippen LogP) is 1.96. The first-order valence-corrected chi connectivity index (χ1v) is 6.92. The summed E-state index contributed by atoms with van der Waals surface area (Å²) in [7, 11) is 0. The smallest absolute Gasteiger partial charge is 0.309 e. The maximum Gasteiger partial charge on any atom is 0.309 e. The summed E-state index contributed by atoms with van der Waals surface area (Å²) < 4.78 is 10.7. The first kappa shape index (κ1) is 13.6. The van der Waals surface area contributed by atoms with Crippen LogP contribution in [0.1, 0.15) is 45.4 Å². The number of carbonyl (C=O) groups excluding carboxylic acids is 1. The molecule has 0 unspecified atom stereocenters. The van der Waals surface area contributed by atoms with Gasteiger partial charge in [0.2, 0.25) is 0 Å². The maximum absolute atomic E-state index is 11.0. The first-order valence-electron chi connectivity index (χ1n) is 6.92. The zero-order valence-corrected chi connectivity index (χ0v) is 10.9. The number of hydrogen-bond acceptors (Lipinski definition) is 4. The molecule has 0 aliphatic carbocycles. The van der Waals surface area contributed by atoms with Gasteiger partial charge in [-0.15, -0.1) is 0 Å². The number of allylic oxidation sites excluding steroid dienone is 1. The highest BCUT2D eigenvalue weighted by molar-refractivity contribution is 5.73.